The number of nitrogens with zero attached hydrogens (tertiary/aromatic N) is 3. The number of benzene rings is 1. The second-order valence-electron chi connectivity index (χ2n) is 10.5. The first-order chi connectivity index (χ1) is 17.2. The second-order valence-corrected chi connectivity index (χ2v) is 10.5. The SMILES string of the molecule is COc1ccc(C(C)(C)C)cc1C(CC(=O)O)Cc1nc(CCCc2ccc3c(n2)NCCC3)no1. The van der Waals surface area contributed by atoms with Crippen molar-refractivity contribution in [2.75, 3.05) is 19.0 Å². The Balaban J connectivity index is 1.43. The Labute approximate surface area is 212 Å². The molecular weight excluding hydrogens is 456 g/mol. The maximum Gasteiger partial charge on any atom is 0.303 e. The predicted molar refractivity (Wildman–Crippen MR) is 138 cm³/mol. The van der Waals surface area contributed by atoms with E-state index in [9.17, 15) is 9.90 Å². The zero-order chi connectivity index (χ0) is 25.7. The Hall–Kier alpha value is -3.42. The van der Waals surface area contributed by atoms with E-state index >= 15 is 0 Å². The van der Waals surface area contributed by atoms with Crippen LogP contribution < -0.4 is 10.1 Å². The third-order valence-corrected chi connectivity index (χ3v) is 6.67. The van der Waals surface area contributed by atoms with E-state index in [1.165, 1.54) is 5.56 Å². The van der Waals surface area contributed by atoms with Crippen LogP contribution in [-0.2, 0) is 35.9 Å². The first-order valence-corrected chi connectivity index (χ1v) is 12.7. The van der Waals surface area contributed by atoms with Gasteiger partial charge in [-0.3, -0.25) is 4.79 Å². The Morgan fingerprint density at radius 1 is 1.19 bits per heavy atom. The van der Waals surface area contributed by atoms with Crippen LogP contribution in [0.4, 0.5) is 5.82 Å². The molecule has 1 aliphatic heterocycles. The highest BCUT2D eigenvalue weighted by Gasteiger charge is 2.25. The van der Waals surface area contributed by atoms with Gasteiger partial charge in [0.2, 0.25) is 5.89 Å². The summed E-state index contributed by atoms with van der Waals surface area (Å²) in [6.07, 6.45) is 4.86. The molecule has 1 atom stereocenters. The van der Waals surface area contributed by atoms with Gasteiger partial charge in [0.15, 0.2) is 5.82 Å². The van der Waals surface area contributed by atoms with Crippen molar-refractivity contribution in [1.29, 1.82) is 0 Å². The maximum absolute atomic E-state index is 11.7. The van der Waals surface area contributed by atoms with E-state index in [0.717, 1.165) is 54.9 Å². The summed E-state index contributed by atoms with van der Waals surface area (Å²) in [7, 11) is 1.60. The summed E-state index contributed by atoms with van der Waals surface area (Å²) in [5.74, 6) is 1.52. The molecule has 36 heavy (non-hydrogen) atoms. The van der Waals surface area contributed by atoms with Crippen LogP contribution in [0.3, 0.4) is 0 Å². The molecule has 0 aliphatic carbocycles. The van der Waals surface area contributed by atoms with E-state index in [1.54, 1.807) is 7.11 Å². The third kappa shape index (κ3) is 6.42. The minimum absolute atomic E-state index is 0.0559. The van der Waals surface area contributed by atoms with Crippen LogP contribution in [0, 0.1) is 0 Å². The fraction of sp³-hybridized carbons (Fsp3) is 0.500. The van der Waals surface area contributed by atoms with Crippen LogP contribution >= 0.6 is 0 Å². The fourth-order valence-corrected chi connectivity index (χ4v) is 4.64. The van der Waals surface area contributed by atoms with Crippen molar-refractivity contribution in [2.24, 2.45) is 0 Å². The molecular formula is C28H36N4O4. The van der Waals surface area contributed by atoms with Crippen molar-refractivity contribution in [3.05, 3.63) is 64.4 Å². The average Bonchev–Trinajstić information content (AvgIpc) is 3.29. The summed E-state index contributed by atoms with van der Waals surface area (Å²) in [4.78, 5) is 21.0. The third-order valence-electron chi connectivity index (χ3n) is 6.67. The molecule has 3 heterocycles. The largest absolute Gasteiger partial charge is 0.496 e. The smallest absolute Gasteiger partial charge is 0.303 e. The lowest BCUT2D eigenvalue weighted by Gasteiger charge is -2.23. The summed E-state index contributed by atoms with van der Waals surface area (Å²) in [6, 6.07) is 10.3. The summed E-state index contributed by atoms with van der Waals surface area (Å²) < 4.78 is 11.1. The number of aryl methyl sites for hydroxylation is 3. The number of methoxy groups -OCH3 is 1. The number of aromatic nitrogens is 3. The molecule has 2 aromatic heterocycles. The molecule has 0 saturated carbocycles. The molecule has 1 aliphatic rings. The number of hydrogen-bond acceptors (Lipinski definition) is 7. The zero-order valence-electron chi connectivity index (χ0n) is 21.6. The van der Waals surface area contributed by atoms with Crippen molar-refractivity contribution in [3.8, 4) is 5.75 Å². The number of pyridine rings is 1. The van der Waals surface area contributed by atoms with E-state index < -0.39 is 5.97 Å². The Kier molecular flexibility index (Phi) is 7.91. The molecule has 0 fully saturated rings. The molecule has 1 unspecified atom stereocenters. The zero-order valence-corrected chi connectivity index (χ0v) is 21.6. The molecule has 3 aromatic rings. The highest BCUT2D eigenvalue weighted by Crippen LogP contribution is 2.35. The summed E-state index contributed by atoms with van der Waals surface area (Å²) in [5, 5.41) is 17.1. The van der Waals surface area contributed by atoms with Gasteiger partial charge in [0.1, 0.15) is 11.6 Å². The van der Waals surface area contributed by atoms with Crippen LogP contribution in [-0.4, -0.2) is 39.9 Å². The van der Waals surface area contributed by atoms with E-state index in [2.05, 4.69) is 48.4 Å². The van der Waals surface area contributed by atoms with Gasteiger partial charge in [0, 0.05) is 31.0 Å². The summed E-state index contributed by atoms with van der Waals surface area (Å²) in [5.41, 5.74) is 4.23. The van der Waals surface area contributed by atoms with Crippen molar-refractivity contribution < 1.29 is 19.2 Å². The predicted octanol–water partition coefficient (Wildman–Crippen LogP) is 5.11. The van der Waals surface area contributed by atoms with Gasteiger partial charge in [-0.2, -0.15) is 4.98 Å². The number of fused-ring (bicyclic) bond motifs is 1. The molecule has 0 radical (unpaired) electrons. The van der Waals surface area contributed by atoms with E-state index in [4.69, 9.17) is 14.2 Å². The molecule has 0 amide bonds. The molecule has 8 nitrogen and oxygen atoms in total. The number of aliphatic carboxylic acids is 1. The number of ether oxygens (including phenoxy) is 1. The number of hydrogen-bond donors (Lipinski definition) is 2. The lowest BCUT2D eigenvalue weighted by Crippen LogP contribution is -2.15. The average molecular weight is 493 g/mol. The van der Waals surface area contributed by atoms with Gasteiger partial charge in [-0.25, -0.2) is 4.98 Å². The molecule has 0 spiro atoms. The molecule has 2 N–H and O–H groups in total. The van der Waals surface area contributed by atoms with Crippen molar-refractivity contribution in [2.45, 2.75) is 77.0 Å². The fourth-order valence-electron chi connectivity index (χ4n) is 4.64. The van der Waals surface area contributed by atoms with E-state index in [1.807, 2.05) is 18.2 Å². The Morgan fingerprint density at radius 3 is 2.78 bits per heavy atom. The van der Waals surface area contributed by atoms with Crippen LogP contribution in [0.25, 0.3) is 0 Å². The number of rotatable bonds is 10. The molecule has 192 valence electrons. The Bertz CT molecular complexity index is 1200. The number of nitrogens with one attached hydrogen (secondary N) is 1. The maximum atomic E-state index is 11.7. The molecule has 8 heteroatoms. The molecule has 0 bridgehead atoms. The lowest BCUT2D eigenvalue weighted by atomic mass is 9.83. The van der Waals surface area contributed by atoms with Gasteiger partial charge in [-0.1, -0.05) is 44.1 Å². The normalized spacial score (nSPS) is 14.1. The van der Waals surface area contributed by atoms with Gasteiger partial charge >= 0.3 is 5.97 Å². The summed E-state index contributed by atoms with van der Waals surface area (Å²) >= 11 is 0. The topological polar surface area (TPSA) is 110 Å². The highest BCUT2D eigenvalue weighted by molar-refractivity contribution is 5.68. The van der Waals surface area contributed by atoms with Crippen LogP contribution in [0.15, 0.2) is 34.9 Å². The van der Waals surface area contributed by atoms with Gasteiger partial charge in [0.05, 0.1) is 13.5 Å². The Morgan fingerprint density at radius 2 is 2.03 bits per heavy atom. The van der Waals surface area contributed by atoms with Gasteiger partial charge in [-0.05, 0) is 59.9 Å². The highest BCUT2D eigenvalue weighted by atomic mass is 16.5. The number of carboxylic acid groups (broad SMARTS) is 1. The van der Waals surface area contributed by atoms with Crippen molar-refractivity contribution in [3.63, 3.8) is 0 Å². The molecule has 4 rings (SSSR count). The number of carboxylic acids is 1. The lowest BCUT2D eigenvalue weighted by molar-refractivity contribution is -0.137. The monoisotopic (exact) mass is 492 g/mol. The summed E-state index contributed by atoms with van der Waals surface area (Å²) in [6.45, 7) is 7.37. The number of carbonyl (C=O) groups is 1. The minimum atomic E-state index is -0.880. The minimum Gasteiger partial charge on any atom is -0.496 e. The van der Waals surface area contributed by atoms with Crippen LogP contribution in [0.1, 0.15) is 80.1 Å². The van der Waals surface area contributed by atoms with Crippen molar-refractivity contribution >= 4 is 11.8 Å². The molecule has 0 saturated heterocycles. The quantitative estimate of drug-likeness (QED) is 0.402. The van der Waals surface area contributed by atoms with E-state index in [0.29, 0.717) is 30.3 Å². The van der Waals surface area contributed by atoms with E-state index in [-0.39, 0.29) is 17.8 Å². The van der Waals surface area contributed by atoms with Crippen LogP contribution in [0.5, 0.6) is 5.75 Å². The molecule has 1 aromatic carbocycles. The van der Waals surface area contributed by atoms with Gasteiger partial charge in [-0.15, -0.1) is 0 Å². The number of anilines is 1. The van der Waals surface area contributed by atoms with Crippen LogP contribution in [0.2, 0.25) is 0 Å². The van der Waals surface area contributed by atoms with Gasteiger partial charge < -0.3 is 19.7 Å². The first kappa shape index (κ1) is 25.7. The standard InChI is InChI=1S/C28H36N4O4/c1-28(2,3)20-11-13-23(35-4)22(17-20)19(16-26(33)34)15-25-31-24(32-36-25)9-5-8-21-12-10-18-7-6-14-29-27(18)30-21/h10-13,17,19H,5-9,14-16H2,1-4H3,(H,29,30)(H,33,34). The first-order valence-electron chi connectivity index (χ1n) is 12.7. The van der Waals surface area contributed by atoms with Gasteiger partial charge in [0.25, 0.3) is 0 Å². The van der Waals surface area contributed by atoms with Crippen molar-refractivity contribution in [1.82, 2.24) is 15.1 Å². The second kappa shape index (κ2) is 11.1.